The van der Waals surface area contributed by atoms with Gasteiger partial charge in [-0.05, 0) is 69.6 Å². The minimum atomic E-state index is -4.39. The fourth-order valence-electron chi connectivity index (χ4n) is 6.08. The largest absolute Gasteiger partial charge is 0.416 e. The van der Waals surface area contributed by atoms with Crippen molar-refractivity contribution in [2.24, 2.45) is 5.92 Å². The molecule has 7 heteroatoms. The van der Waals surface area contributed by atoms with E-state index in [1.165, 1.54) is 31.7 Å². The van der Waals surface area contributed by atoms with Crippen molar-refractivity contribution in [3.63, 3.8) is 0 Å². The Kier molecular flexibility index (Phi) is 7.88. The lowest BCUT2D eigenvalue weighted by molar-refractivity contribution is -0.137. The fraction of sp³-hybridized carbons (Fsp3) is 0.704. The van der Waals surface area contributed by atoms with Gasteiger partial charge in [0, 0.05) is 31.5 Å². The van der Waals surface area contributed by atoms with E-state index in [0.717, 1.165) is 62.4 Å². The van der Waals surface area contributed by atoms with Crippen LogP contribution in [0.15, 0.2) is 18.2 Å². The van der Waals surface area contributed by atoms with E-state index in [-0.39, 0.29) is 11.8 Å². The molecule has 2 saturated carbocycles. The maximum Gasteiger partial charge on any atom is 0.416 e. The van der Waals surface area contributed by atoms with Crippen LogP contribution >= 0.6 is 0 Å². The number of aromatic nitrogens is 2. The molecule has 0 bridgehead atoms. The summed E-state index contributed by atoms with van der Waals surface area (Å²) in [4.78, 5) is 20.0. The lowest BCUT2D eigenvalue weighted by Crippen LogP contribution is -2.41. The number of rotatable bonds is 7. The van der Waals surface area contributed by atoms with Gasteiger partial charge in [0.2, 0.25) is 5.91 Å². The number of imidazole rings is 1. The molecule has 2 aromatic rings. The Hall–Kier alpha value is -2.05. The molecule has 2 aliphatic rings. The summed E-state index contributed by atoms with van der Waals surface area (Å²) in [7, 11) is 0. The van der Waals surface area contributed by atoms with Gasteiger partial charge in [-0.2, -0.15) is 13.2 Å². The van der Waals surface area contributed by atoms with Crippen molar-refractivity contribution in [2.75, 3.05) is 6.54 Å². The van der Waals surface area contributed by atoms with Gasteiger partial charge in [-0.3, -0.25) is 4.79 Å². The highest BCUT2D eigenvalue weighted by Crippen LogP contribution is 2.39. The Labute approximate surface area is 200 Å². The van der Waals surface area contributed by atoms with Crippen LogP contribution in [0.4, 0.5) is 13.2 Å². The summed E-state index contributed by atoms with van der Waals surface area (Å²) >= 11 is 0. The van der Waals surface area contributed by atoms with Gasteiger partial charge in [0.25, 0.3) is 0 Å². The van der Waals surface area contributed by atoms with E-state index < -0.39 is 11.7 Å². The second-order valence-corrected chi connectivity index (χ2v) is 10.2. The average Bonchev–Trinajstić information content (AvgIpc) is 3.21. The Balaban J connectivity index is 1.59. The first-order valence-electron chi connectivity index (χ1n) is 13.2. The van der Waals surface area contributed by atoms with Crippen molar-refractivity contribution in [3.8, 4) is 0 Å². The summed E-state index contributed by atoms with van der Waals surface area (Å²) in [5, 5.41) is 0. The molecular formula is C27H38F3N3O. The molecule has 2 fully saturated rings. The second-order valence-electron chi connectivity index (χ2n) is 10.2. The van der Waals surface area contributed by atoms with E-state index in [1.807, 2.05) is 16.4 Å². The summed E-state index contributed by atoms with van der Waals surface area (Å²) in [5.41, 5.74) is 0.417. The van der Waals surface area contributed by atoms with Crippen LogP contribution in [-0.2, 0) is 17.5 Å². The third-order valence-corrected chi connectivity index (χ3v) is 8.12. The summed E-state index contributed by atoms with van der Waals surface area (Å²) in [5.74, 6) is 1.96. The van der Waals surface area contributed by atoms with Crippen LogP contribution in [0.5, 0.6) is 0 Å². The van der Waals surface area contributed by atoms with Gasteiger partial charge >= 0.3 is 6.18 Å². The topological polar surface area (TPSA) is 38.1 Å². The van der Waals surface area contributed by atoms with E-state index in [0.29, 0.717) is 36.6 Å². The zero-order valence-corrected chi connectivity index (χ0v) is 20.5. The molecule has 0 unspecified atom stereocenters. The smallest absolute Gasteiger partial charge is 0.340 e. The Morgan fingerprint density at radius 1 is 1.06 bits per heavy atom. The Bertz CT molecular complexity index is 969. The predicted octanol–water partition coefficient (Wildman–Crippen LogP) is 7.31. The van der Waals surface area contributed by atoms with Crippen LogP contribution < -0.4 is 0 Å². The molecule has 1 aromatic carbocycles. The van der Waals surface area contributed by atoms with Crippen molar-refractivity contribution in [2.45, 2.75) is 109 Å². The molecule has 0 radical (unpaired) electrons. The Morgan fingerprint density at radius 3 is 2.38 bits per heavy atom. The number of halogens is 3. The number of carbonyl (C=O) groups is 1. The van der Waals surface area contributed by atoms with E-state index in [1.54, 1.807) is 0 Å². The van der Waals surface area contributed by atoms with E-state index in [2.05, 4.69) is 6.92 Å². The number of amides is 1. The quantitative estimate of drug-likeness (QED) is 0.419. The van der Waals surface area contributed by atoms with Crippen molar-refractivity contribution < 1.29 is 18.0 Å². The standard InChI is InChI=1S/C27H38F3N3O/c1-3-19-10-12-20(13-11-19)26-31-23-18-21(27(28,29)30)14-15-24(23)33(26)17-16-25(34)32(4-2)22-8-6-5-7-9-22/h14-15,18-20,22H,3-13,16-17H2,1-2H3. The Morgan fingerprint density at radius 2 is 1.76 bits per heavy atom. The predicted molar refractivity (Wildman–Crippen MR) is 129 cm³/mol. The molecule has 4 nitrogen and oxygen atoms in total. The van der Waals surface area contributed by atoms with E-state index >= 15 is 0 Å². The number of fused-ring (bicyclic) bond motifs is 1. The highest BCUT2D eigenvalue weighted by molar-refractivity contribution is 5.79. The molecule has 0 spiro atoms. The summed E-state index contributed by atoms with van der Waals surface area (Å²) in [6.45, 7) is 5.43. The first kappa shape index (κ1) is 25.1. The van der Waals surface area contributed by atoms with Gasteiger partial charge < -0.3 is 9.47 Å². The van der Waals surface area contributed by atoms with Gasteiger partial charge in [-0.1, -0.05) is 32.6 Å². The number of nitrogens with zero attached hydrogens (tertiary/aromatic N) is 3. The molecule has 1 amide bonds. The summed E-state index contributed by atoms with van der Waals surface area (Å²) in [6.07, 6.45) is 7.12. The molecule has 34 heavy (non-hydrogen) atoms. The minimum Gasteiger partial charge on any atom is -0.340 e. The van der Waals surface area contributed by atoms with Crippen molar-refractivity contribution in [1.29, 1.82) is 0 Å². The molecule has 0 aliphatic heterocycles. The summed E-state index contributed by atoms with van der Waals surface area (Å²) in [6, 6.07) is 4.16. The first-order valence-corrected chi connectivity index (χ1v) is 13.2. The molecular weight excluding hydrogens is 439 g/mol. The monoisotopic (exact) mass is 477 g/mol. The number of alkyl halides is 3. The van der Waals surface area contributed by atoms with Gasteiger partial charge in [0.05, 0.1) is 16.6 Å². The van der Waals surface area contributed by atoms with Crippen molar-refractivity contribution in [1.82, 2.24) is 14.5 Å². The van der Waals surface area contributed by atoms with Crippen LogP contribution in [-0.4, -0.2) is 32.9 Å². The lowest BCUT2D eigenvalue weighted by atomic mass is 9.80. The summed E-state index contributed by atoms with van der Waals surface area (Å²) < 4.78 is 42.0. The molecule has 0 atom stereocenters. The maximum absolute atomic E-state index is 13.3. The van der Waals surface area contributed by atoms with E-state index in [4.69, 9.17) is 4.98 Å². The van der Waals surface area contributed by atoms with Gasteiger partial charge in [0.15, 0.2) is 0 Å². The van der Waals surface area contributed by atoms with Crippen LogP contribution in [0.2, 0.25) is 0 Å². The van der Waals surface area contributed by atoms with Crippen LogP contribution in [0, 0.1) is 5.92 Å². The van der Waals surface area contributed by atoms with Gasteiger partial charge in [-0.25, -0.2) is 4.98 Å². The number of hydrogen-bond acceptors (Lipinski definition) is 2. The third kappa shape index (κ3) is 5.44. The van der Waals surface area contributed by atoms with Crippen LogP contribution in [0.3, 0.4) is 0 Å². The molecule has 0 saturated heterocycles. The average molecular weight is 478 g/mol. The highest BCUT2D eigenvalue weighted by Gasteiger charge is 2.32. The molecule has 4 rings (SSSR count). The zero-order chi connectivity index (χ0) is 24.3. The SMILES string of the molecule is CCC1CCC(c2nc3cc(C(F)(F)F)ccc3n2CCC(=O)N(CC)C2CCCCC2)CC1. The third-order valence-electron chi connectivity index (χ3n) is 8.12. The van der Waals surface area contributed by atoms with Crippen LogP contribution in [0.1, 0.15) is 102 Å². The zero-order valence-electron chi connectivity index (χ0n) is 20.5. The van der Waals surface area contributed by atoms with E-state index in [9.17, 15) is 18.0 Å². The molecule has 1 heterocycles. The maximum atomic E-state index is 13.3. The normalized spacial score (nSPS) is 22.3. The number of carbonyl (C=O) groups excluding carboxylic acids is 1. The fourth-order valence-corrected chi connectivity index (χ4v) is 6.08. The van der Waals surface area contributed by atoms with Crippen molar-refractivity contribution in [3.05, 3.63) is 29.6 Å². The molecule has 0 N–H and O–H groups in total. The van der Waals surface area contributed by atoms with Gasteiger partial charge in [-0.15, -0.1) is 0 Å². The second kappa shape index (κ2) is 10.7. The number of hydrogen-bond donors (Lipinski definition) is 0. The minimum absolute atomic E-state index is 0.142. The van der Waals surface area contributed by atoms with Gasteiger partial charge in [0.1, 0.15) is 5.82 Å². The lowest BCUT2D eigenvalue weighted by Gasteiger charge is -2.34. The van der Waals surface area contributed by atoms with Crippen LogP contribution in [0.25, 0.3) is 11.0 Å². The number of benzene rings is 1. The van der Waals surface area contributed by atoms with Crippen molar-refractivity contribution >= 4 is 16.9 Å². The highest BCUT2D eigenvalue weighted by atomic mass is 19.4. The number of aryl methyl sites for hydroxylation is 1. The first-order chi connectivity index (χ1) is 16.3. The molecule has 1 aromatic heterocycles. The molecule has 2 aliphatic carbocycles. The molecule has 188 valence electrons.